The van der Waals surface area contributed by atoms with Gasteiger partial charge in [-0.05, 0) is 25.3 Å². The van der Waals surface area contributed by atoms with E-state index in [4.69, 9.17) is 0 Å². The molecule has 0 aromatic heterocycles. The first-order chi connectivity index (χ1) is 5.74. The van der Waals surface area contributed by atoms with Crippen molar-refractivity contribution in [3.63, 3.8) is 0 Å². The predicted molar refractivity (Wildman–Crippen MR) is 56.8 cm³/mol. The lowest BCUT2D eigenvalue weighted by Gasteiger charge is -1.99. The van der Waals surface area contributed by atoms with Gasteiger partial charge in [0.2, 0.25) is 0 Å². The first-order valence-electron chi connectivity index (χ1n) is 4.54. The highest BCUT2D eigenvalue weighted by Crippen LogP contribution is 2.01. The summed E-state index contributed by atoms with van der Waals surface area (Å²) >= 11 is 0. The van der Waals surface area contributed by atoms with Crippen molar-refractivity contribution in [1.82, 2.24) is 0 Å². The van der Waals surface area contributed by atoms with Crippen LogP contribution in [0.2, 0.25) is 0 Å². The fourth-order valence-corrected chi connectivity index (χ4v) is 0.797. The zero-order chi connectivity index (χ0) is 9.40. The minimum Gasteiger partial charge on any atom is -0.290 e. The van der Waals surface area contributed by atoms with E-state index in [-0.39, 0.29) is 0 Å². The minimum absolute atomic E-state index is 0.836. The van der Waals surface area contributed by atoms with Gasteiger partial charge in [-0.1, -0.05) is 32.6 Å². The standard InChI is InChI=1S/C11H19N/c1-5-8-11(7-3)9-12-10(4)6-2/h5,8H,1,6-7,9H2,2-4H3/b11-8+,12-10+. The van der Waals surface area contributed by atoms with Gasteiger partial charge in [-0.3, -0.25) is 4.99 Å². The van der Waals surface area contributed by atoms with Crippen molar-refractivity contribution >= 4 is 5.71 Å². The van der Waals surface area contributed by atoms with Gasteiger partial charge in [-0.2, -0.15) is 0 Å². The normalized spacial score (nSPS) is 13.2. The summed E-state index contributed by atoms with van der Waals surface area (Å²) in [6, 6.07) is 0. The third-order valence-corrected chi connectivity index (χ3v) is 1.87. The molecular weight excluding hydrogens is 146 g/mol. The van der Waals surface area contributed by atoms with E-state index >= 15 is 0 Å². The maximum atomic E-state index is 4.43. The van der Waals surface area contributed by atoms with Crippen LogP contribution < -0.4 is 0 Å². The van der Waals surface area contributed by atoms with Crippen LogP contribution in [0, 0.1) is 0 Å². The molecule has 0 atom stereocenters. The van der Waals surface area contributed by atoms with Crippen LogP contribution in [-0.4, -0.2) is 12.3 Å². The van der Waals surface area contributed by atoms with E-state index in [0.717, 1.165) is 19.4 Å². The summed E-state index contributed by atoms with van der Waals surface area (Å²) in [5.74, 6) is 0. The topological polar surface area (TPSA) is 12.4 Å². The summed E-state index contributed by atoms with van der Waals surface area (Å²) in [5.41, 5.74) is 2.57. The van der Waals surface area contributed by atoms with Crippen molar-refractivity contribution in [3.8, 4) is 0 Å². The quantitative estimate of drug-likeness (QED) is 0.437. The van der Waals surface area contributed by atoms with E-state index in [1.165, 1.54) is 11.3 Å². The summed E-state index contributed by atoms with van der Waals surface area (Å²) in [4.78, 5) is 4.43. The molecule has 0 N–H and O–H groups in total. The summed E-state index contributed by atoms with van der Waals surface area (Å²) in [6.45, 7) is 10.8. The molecule has 0 aliphatic rings. The summed E-state index contributed by atoms with van der Waals surface area (Å²) < 4.78 is 0. The molecule has 0 aromatic carbocycles. The van der Waals surface area contributed by atoms with Crippen LogP contribution in [0.3, 0.4) is 0 Å². The summed E-state index contributed by atoms with van der Waals surface area (Å²) in [6.07, 6.45) is 5.99. The van der Waals surface area contributed by atoms with Crippen molar-refractivity contribution in [2.45, 2.75) is 33.6 Å². The predicted octanol–water partition coefficient (Wildman–Crippen LogP) is 3.38. The molecule has 1 nitrogen and oxygen atoms in total. The van der Waals surface area contributed by atoms with E-state index in [1.807, 2.05) is 12.2 Å². The number of aliphatic imine (C=N–C) groups is 1. The molecule has 0 heterocycles. The molecule has 0 fully saturated rings. The highest BCUT2D eigenvalue weighted by molar-refractivity contribution is 5.81. The smallest absolute Gasteiger partial charge is 0.0601 e. The van der Waals surface area contributed by atoms with E-state index < -0.39 is 0 Å². The molecule has 0 bridgehead atoms. The minimum atomic E-state index is 0.836. The molecule has 0 radical (unpaired) electrons. The van der Waals surface area contributed by atoms with Crippen LogP contribution in [0.15, 0.2) is 29.3 Å². The van der Waals surface area contributed by atoms with E-state index in [9.17, 15) is 0 Å². The highest BCUT2D eigenvalue weighted by Gasteiger charge is 1.90. The number of nitrogens with zero attached hydrogens (tertiary/aromatic N) is 1. The number of hydrogen-bond acceptors (Lipinski definition) is 1. The molecule has 0 aliphatic carbocycles. The van der Waals surface area contributed by atoms with Crippen LogP contribution >= 0.6 is 0 Å². The Kier molecular flexibility index (Phi) is 6.35. The van der Waals surface area contributed by atoms with E-state index in [1.54, 1.807) is 0 Å². The molecule has 0 aliphatic heterocycles. The third kappa shape index (κ3) is 4.89. The fraction of sp³-hybridized carbons (Fsp3) is 0.545. The lowest BCUT2D eigenvalue weighted by Crippen LogP contribution is -1.93. The van der Waals surface area contributed by atoms with Gasteiger partial charge in [0, 0.05) is 5.71 Å². The van der Waals surface area contributed by atoms with E-state index in [0.29, 0.717) is 0 Å². The van der Waals surface area contributed by atoms with Crippen LogP contribution in [0.25, 0.3) is 0 Å². The van der Waals surface area contributed by atoms with Gasteiger partial charge in [0.25, 0.3) is 0 Å². The Morgan fingerprint density at radius 1 is 1.33 bits per heavy atom. The zero-order valence-electron chi connectivity index (χ0n) is 8.43. The van der Waals surface area contributed by atoms with Crippen LogP contribution in [0.4, 0.5) is 0 Å². The molecule has 0 unspecified atom stereocenters. The van der Waals surface area contributed by atoms with Crippen molar-refractivity contribution in [2.24, 2.45) is 4.99 Å². The van der Waals surface area contributed by atoms with Crippen LogP contribution in [-0.2, 0) is 0 Å². The molecule has 0 saturated heterocycles. The largest absolute Gasteiger partial charge is 0.290 e. The number of rotatable bonds is 5. The van der Waals surface area contributed by atoms with Crippen molar-refractivity contribution in [2.75, 3.05) is 6.54 Å². The third-order valence-electron chi connectivity index (χ3n) is 1.87. The van der Waals surface area contributed by atoms with Gasteiger partial charge >= 0.3 is 0 Å². The van der Waals surface area contributed by atoms with Crippen molar-refractivity contribution in [1.29, 1.82) is 0 Å². The average Bonchev–Trinajstić information content (AvgIpc) is 2.11. The molecule has 1 heteroatoms. The Morgan fingerprint density at radius 2 is 2.00 bits per heavy atom. The average molecular weight is 165 g/mol. The Hall–Kier alpha value is -0.850. The highest BCUT2D eigenvalue weighted by atomic mass is 14.7. The van der Waals surface area contributed by atoms with Gasteiger partial charge in [-0.25, -0.2) is 0 Å². The van der Waals surface area contributed by atoms with Gasteiger partial charge in [0.1, 0.15) is 0 Å². The van der Waals surface area contributed by atoms with Crippen LogP contribution in [0.1, 0.15) is 33.6 Å². The Balaban J connectivity index is 4.04. The van der Waals surface area contributed by atoms with Gasteiger partial charge in [-0.15, -0.1) is 0 Å². The molecule has 0 saturated carbocycles. The number of hydrogen-bond donors (Lipinski definition) is 0. The summed E-state index contributed by atoms with van der Waals surface area (Å²) in [5, 5.41) is 0. The van der Waals surface area contributed by atoms with Gasteiger partial charge < -0.3 is 0 Å². The van der Waals surface area contributed by atoms with Crippen LogP contribution in [0.5, 0.6) is 0 Å². The van der Waals surface area contributed by atoms with Gasteiger partial charge in [0.15, 0.2) is 0 Å². The molecule has 68 valence electrons. The molecule has 0 aromatic rings. The van der Waals surface area contributed by atoms with Crippen molar-refractivity contribution < 1.29 is 0 Å². The maximum absolute atomic E-state index is 4.43. The lowest BCUT2D eigenvalue weighted by atomic mass is 10.2. The lowest BCUT2D eigenvalue weighted by molar-refractivity contribution is 0.999. The molecule has 0 rings (SSSR count). The Labute approximate surface area is 75.9 Å². The molecule has 0 spiro atoms. The second kappa shape index (κ2) is 6.84. The Morgan fingerprint density at radius 3 is 2.42 bits per heavy atom. The summed E-state index contributed by atoms with van der Waals surface area (Å²) in [7, 11) is 0. The molecule has 12 heavy (non-hydrogen) atoms. The first-order valence-corrected chi connectivity index (χ1v) is 4.54. The Bertz CT molecular complexity index is 187. The molecular formula is C11H19N. The molecule has 0 amide bonds. The SMILES string of the molecule is C=C/C=C(\CC)C/N=C(\C)CC. The number of allylic oxidation sites excluding steroid dienone is 2. The fourth-order valence-electron chi connectivity index (χ4n) is 0.797. The maximum Gasteiger partial charge on any atom is 0.0601 e. The first kappa shape index (κ1) is 11.2. The second-order valence-corrected chi connectivity index (χ2v) is 2.82. The van der Waals surface area contributed by atoms with Crippen molar-refractivity contribution in [3.05, 3.63) is 24.3 Å². The monoisotopic (exact) mass is 165 g/mol. The van der Waals surface area contributed by atoms with Gasteiger partial charge in [0.05, 0.1) is 6.54 Å². The second-order valence-electron chi connectivity index (χ2n) is 2.82. The van der Waals surface area contributed by atoms with E-state index in [2.05, 4.69) is 32.3 Å². The zero-order valence-corrected chi connectivity index (χ0v) is 8.43.